The van der Waals surface area contributed by atoms with Crippen molar-refractivity contribution in [1.82, 2.24) is 4.57 Å². The summed E-state index contributed by atoms with van der Waals surface area (Å²) in [6, 6.07) is 86.5. The summed E-state index contributed by atoms with van der Waals surface area (Å²) in [6.45, 7) is 0. The second-order valence-electron chi connectivity index (χ2n) is 17.9. The van der Waals surface area contributed by atoms with E-state index in [4.69, 9.17) is 0 Å². The van der Waals surface area contributed by atoms with Gasteiger partial charge in [0.05, 0.1) is 27.8 Å². The Morgan fingerprint density at radius 3 is 1.71 bits per heavy atom. The van der Waals surface area contributed by atoms with Gasteiger partial charge in [-0.1, -0.05) is 182 Å². The van der Waals surface area contributed by atoms with E-state index in [1.165, 1.54) is 108 Å². The molecule has 2 aromatic heterocycles. The fraction of sp³-hybridized carbons (Fsp3) is 0.0159. The van der Waals surface area contributed by atoms with Gasteiger partial charge < -0.3 is 9.47 Å². The lowest BCUT2D eigenvalue weighted by atomic mass is 9.61. The van der Waals surface area contributed by atoms with Crippen molar-refractivity contribution in [2.24, 2.45) is 0 Å². The molecule has 0 bridgehead atoms. The minimum absolute atomic E-state index is 0.478. The van der Waals surface area contributed by atoms with E-state index < -0.39 is 5.41 Å². The van der Waals surface area contributed by atoms with Crippen LogP contribution in [0.1, 0.15) is 22.3 Å². The van der Waals surface area contributed by atoms with E-state index in [9.17, 15) is 0 Å². The van der Waals surface area contributed by atoms with E-state index in [1.807, 2.05) is 11.3 Å². The van der Waals surface area contributed by atoms with Gasteiger partial charge in [0, 0.05) is 53.1 Å². The summed E-state index contributed by atoms with van der Waals surface area (Å²) in [5.41, 5.74) is 17.0. The average Bonchev–Trinajstić information content (AvgIpc) is 4.02. The van der Waals surface area contributed by atoms with Crippen LogP contribution in [0.15, 0.2) is 231 Å². The van der Waals surface area contributed by atoms with Gasteiger partial charge in [-0.05, 0) is 104 Å². The van der Waals surface area contributed by atoms with Crippen LogP contribution in [-0.2, 0) is 5.41 Å². The smallest absolute Gasteiger partial charge is 0.0725 e. The summed E-state index contributed by atoms with van der Waals surface area (Å²) < 4.78 is 5.09. The number of nitrogens with zero attached hydrogens (tertiary/aromatic N) is 2. The molecule has 2 nitrogen and oxygen atoms in total. The molecule has 0 saturated heterocycles. The number of thiophene rings is 1. The fourth-order valence-corrected chi connectivity index (χ4v) is 13.3. The van der Waals surface area contributed by atoms with E-state index in [1.54, 1.807) is 0 Å². The maximum Gasteiger partial charge on any atom is 0.0725 e. The normalized spacial score (nSPS) is 13.3. The first-order valence-corrected chi connectivity index (χ1v) is 23.7. The van der Waals surface area contributed by atoms with Crippen molar-refractivity contribution in [2.75, 3.05) is 4.90 Å². The summed E-state index contributed by atoms with van der Waals surface area (Å²) in [4.78, 5) is 2.53. The minimum Gasteiger partial charge on any atom is -0.309 e. The van der Waals surface area contributed by atoms with Crippen LogP contribution in [0.5, 0.6) is 0 Å². The van der Waals surface area contributed by atoms with Gasteiger partial charge in [0.1, 0.15) is 0 Å². The molecule has 11 aromatic carbocycles. The maximum atomic E-state index is 2.53. The minimum atomic E-state index is -0.478. The van der Waals surface area contributed by atoms with Crippen molar-refractivity contribution in [3.8, 4) is 27.9 Å². The topological polar surface area (TPSA) is 8.17 Å². The highest BCUT2D eigenvalue weighted by atomic mass is 32.1. The third-order valence-corrected chi connectivity index (χ3v) is 15.9. The third-order valence-electron chi connectivity index (χ3n) is 14.8. The number of benzene rings is 11. The Morgan fingerprint density at radius 1 is 0.348 bits per heavy atom. The first kappa shape index (κ1) is 36.1. The molecule has 3 heteroatoms. The van der Waals surface area contributed by atoms with Gasteiger partial charge in [-0.2, -0.15) is 0 Å². The van der Waals surface area contributed by atoms with Crippen LogP contribution in [0.4, 0.5) is 17.1 Å². The molecular weight excluding hydrogens is 817 g/mol. The summed E-state index contributed by atoms with van der Waals surface area (Å²) in [7, 11) is 0. The molecule has 13 aromatic rings. The first-order chi connectivity index (χ1) is 32.8. The number of anilines is 3. The average molecular weight is 855 g/mol. The van der Waals surface area contributed by atoms with Crippen molar-refractivity contribution in [1.29, 1.82) is 0 Å². The molecule has 0 fully saturated rings. The molecule has 0 saturated carbocycles. The van der Waals surface area contributed by atoms with Gasteiger partial charge in [0.25, 0.3) is 0 Å². The van der Waals surface area contributed by atoms with E-state index in [2.05, 4.69) is 240 Å². The summed E-state index contributed by atoms with van der Waals surface area (Å²) >= 11 is 1.87. The molecule has 0 N–H and O–H groups in total. The van der Waals surface area contributed by atoms with Crippen LogP contribution in [0.2, 0.25) is 0 Å². The van der Waals surface area contributed by atoms with Crippen LogP contribution in [0, 0.1) is 0 Å². The highest BCUT2D eigenvalue weighted by Crippen LogP contribution is 2.62. The second-order valence-corrected chi connectivity index (χ2v) is 19.0. The van der Waals surface area contributed by atoms with Gasteiger partial charge in [-0.3, -0.25) is 0 Å². The summed E-state index contributed by atoms with van der Waals surface area (Å²) in [6.07, 6.45) is 0. The third kappa shape index (κ3) is 4.69. The molecule has 1 spiro atoms. The molecule has 15 rings (SSSR count). The van der Waals surface area contributed by atoms with Crippen molar-refractivity contribution < 1.29 is 0 Å². The molecule has 0 amide bonds. The standard InChI is InChI=1S/C63H38N2S/c1-2-17-42-39(15-1)16-13-29-56(42)64(40-31-33-47-46-21-6-11-28-57(46)65(59(47)37-40)41-32-34-49-48-22-7-12-30-60(48)66-61(49)38-41)58-36-35-50-45-20-5-10-26-54(45)63(55-27-14-23-51(58)62(50)55)52-24-8-3-18-43(52)44-19-4-9-25-53(44)63/h1-38H. The zero-order valence-electron chi connectivity index (χ0n) is 35.7. The molecule has 2 heterocycles. The van der Waals surface area contributed by atoms with E-state index >= 15 is 0 Å². The molecule has 0 aliphatic heterocycles. The SMILES string of the molecule is c1ccc2c(c1)-c1ccccc1C21c2ccccc2-c2ccc(N(c3ccc4c5ccccc5n(-c5ccc6c(c5)sc5ccccc56)c4c3)c3cccc4ccccc34)c3cccc1c23. The lowest BCUT2D eigenvalue weighted by Crippen LogP contribution is -2.31. The van der Waals surface area contributed by atoms with Crippen LogP contribution in [-0.4, -0.2) is 4.57 Å². The van der Waals surface area contributed by atoms with Crippen LogP contribution < -0.4 is 4.90 Å². The van der Waals surface area contributed by atoms with Gasteiger partial charge in [0.2, 0.25) is 0 Å². The Hall–Kier alpha value is -8.24. The highest BCUT2D eigenvalue weighted by molar-refractivity contribution is 7.25. The predicted molar refractivity (Wildman–Crippen MR) is 280 cm³/mol. The van der Waals surface area contributed by atoms with Crippen LogP contribution >= 0.6 is 11.3 Å². The number of fused-ring (bicyclic) bond motifs is 16. The van der Waals surface area contributed by atoms with Crippen molar-refractivity contribution in [2.45, 2.75) is 5.41 Å². The Kier molecular flexibility index (Phi) is 7.34. The summed E-state index contributed by atoms with van der Waals surface area (Å²) in [5.74, 6) is 0. The van der Waals surface area contributed by atoms with E-state index in [0.29, 0.717) is 0 Å². The van der Waals surface area contributed by atoms with Crippen LogP contribution in [0.3, 0.4) is 0 Å². The Labute approximate surface area is 385 Å². The number of rotatable bonds is 4. The zero-order chi connectivity index (χ0) is 43.1. The van der Waals surface area contributed by atoms with Crippen molar-refractivity contribution in [3.63, 3.8) is 0 Å². The van der Waals surface area contributed by atoms with Gasteiger partial charge in [0.15, 0.2) is 0 Å². The van der Waals surface area contributed by atoms with Crippen LogP contribution in [0.25, 0.3) is 91.5 Å². The van der Waals surface area contributed by atoms with Crippen molar-refractivity contribution >= 4 is 91.9 Å². The molecule has 0 atom stereocenters. The lowest BCUT2D eigenvalue weighted by molar-refractivity contribution is 0.773. The predicted octanol–water partition coefficient (Wildman–Crippen LogP) is 17.3. The molecule has 2 aliphatic rings. The Balaban J connectivity index is 1.03. The molecule has 66 heavy (non-hydrogen) atoms. The molecule has 0 unspecified atom stereocenters. The highest BCUT2D eigenvalue weighted by Gasteiger charge is 2.50. The number of hydrogen-bond donors (Lipinski definition) is 0. The van der Waals surface area contributed by atoms with Gasteiger partial charge in [-0.15, -0.1) is 11.3 Å². The molecule has 0 radical (unpaired) electrons. The zero-order valence-corrected chi connectivity index (χ0v) is 36.6. The molecule has 306 valence electrons. The van der Waals surface area contributed by atoms with Gasteiger partial charge in [-0.25, -0.2) is 0 Å². The molecular formula is C63H38N2S. The number of aromatic nitrogens is 1. The largest absolute Gasteiger partial charge is 0.309 e. The Morgan fingerprint density at radius 2 is 0.909 bits per heavy atom. The lowest BCUT2D eigenvalue weighted by Gasteiger charge is -2.40. The van der Waals surface area contributed by atoms with E-state index in [0.717, 1.165) is 22.7 Å². The Bertz CT molecular complexity index is 4150. The van der Waals surface area contributed by atoms with E-state index in [-0.39, 0.29) is 0 Å². The summed E-state index contributed by atoms with van der Waals surface area (Å²) in [5, 5.41) is 10.0. The fourth-order valence-electron chi connectivity index (χ4n) is 12.2. The van der Waals surface area contributed by atoms with Crippen molar-refractivity contribution in [3.05, 3.63) is 253 Å². The number of para-hydroxylation sites is 1. The molecule has 2 aliphatic carbocycles. The quantitative estimate of drug-likeness (QED) is 0.171. The maximum absolute atomic E-state index is 2.53. The first-order valence-electron chi connectivity index (χ1n) is 22.8. The number of hydrogen-bond acceptors (Lipinski definition) is 2. The van der Waals surface area contributed by atoms with Gasteiger partial charge >= 0.3 is 0 Å². The second kappa shape index (κ2) is 13.4. The monoisotopic (exact) mass is 854 g/mol.